The molecule has 1 heterocycles. The number of urea groups is 1. The van der Waals surface area contributed by atoms with Crippen molar-refractivity contribution in [3.8, 4) is 5.75 Å². The molecule has 1 fully saturated rings. The number of ether oxygens (including phenoxy) is 1. The number of rotatable bonds is 13. The zero-order valence-corrected chi connectivity index (χ0v) is 25.9. The van der Waals surface area contributed by atoms with Gasteiger partial charge in [0.05, 0.1) is 16.5 Å². The maximum absolute atomic E-state index is 15.1. The van der Waals surface area contributed by atoms with Crippen LogP contribution in [-0.4, -0.2) is 47.1 Å². The van der Waals surface area contributed by atoms with E-state index in [-0.39, 0.29) is 59.3 Å². The molecular formula is C33H34ClF5N4O4. The van der Waals surface area contributed by atoms with Gasteiger partial charge in [-0.25, -0.2) is 9.18 Å². The lowest BCUT2D eigenvalue weighted by Gasteiger charge is -2.37. The third-order valence-electron chi connectivity index (χ3n) is 7.82. The number of hydrogen-bond donors (Lipinski definition) is 4. The quantitative estimate of drug-likeness (QED) is 0.114. The third-order valence-corrected chi connectivity index (χ3v) is 8.05. The van der Waals surface area contributed by atoms with Crippen LogP contribution in [0.2, 0.25) is 5.02 Å². The molecule has 2 aromatic carbocycles. The average Bonchev–Trinajstić information content (AvgIpc) is 3.01. The van der Waals surface area contributed by atoms with E-state index in [4.69, 9.17) is 11.6 Å². The van der Waals surface area contributed by atoms with E-state index < -0.39 is 35.7 Å². The zero-order valence-electron chi connectivity index (χ0n) is 25.1. The summed E-state index contributed by atoms with van der Waals surface area (Å²) in [6.45, 7) is 3.64. The number of aromatic nitrogens is 1. The highest BCUT2D eigenvalue weighted by molar-refractivity contribution is 6.30. The van der Waals surface area contributed by atoms with E-state index in [0.717, 1.165) is 12.1 Å². The van der Waals surface area contributed by atoms with Crippen molar-refractivity contribution in [3.05, 3.63) is 107 Å². The molecule has 3 amide bonds. The van der Waals surface area contributed by atoms with Gasteiger partial charge in [0.25, 0.3) is 0 Å². The minimum atomic E-state index is -4.92. The van der Waals surface area contributed by atoms with Gasteiger partial charge in [-0.05, 0) is 61.1 Å². The number of benzene rings is 2. The van der Waals surface area contributed by atoms with Crippen LogP contribution in [0.25, 0.3) is 0 Å². The Hall–Kier alpha value is -4.39. The zero-order chi connectivity index (χ0) is 34.2. The summed E-state index contributed by atoms with van der Waals surface area (Å²) in [5.41, 5.74) is -1.09. The number of nitrogens with one attached hydrogen (secondary N) is 3. The number of carbonyl (C=O) groups excluding carboxylic acids is 2. The molecular weight excluding hydrogens is 647 g/mol. The molecule has 0 unspecified atom stereocenters. The Bertz CT molecular complexity index is 1540. The first-order valence-electron chi connectivity index (χ1n) is 14.8. The molecule has 8 nitrogen and oxygen atoms in total. The van der Waals surface area contributed by atoms with Crippen molar-refractivity contribution in [2.45, 2.75) is 62.6 Å². The summed E-state index contributed by atoms with van der Waals surface area (Å²) in [4.78, 5) is 30.6. The van der Waals surface area contributed by atoms with E-state index >= 15 is 4.39 Å². The Morgan fingerprint density at radius 3 is 2.38 bits per heavy atom. The average molecular weight is 681 g/mol. The number of amides is 3. The number of aliphatic hydroxyl groups is 1. The van der Waals surface area contributed by atoms with Crippen LogP contribution in [0, 0.1) is 11.7 Å². The van der Waals surface area contributed by atoms with Gasteiger partial charge in [0, 0.05) is 43.6 Å². The van der Waals surface area contributed by atoms with Gasteiger partial charge in [0.2, 0.25) is 5.91 Å². The first-order valence-corrected chi connectivity index (χ1v) is 15.2. The number of nitrogens with zero attached hydrogens (tertiary/aromatic N) is 1. The summed E-state index contributed by atoms with van der Waals surface area (Å²) in [6, 6.07) is 13.0. The molecule has 0 saturated heterocycles. The number of alkyl halides is 4. The fourth-order valence-electron chi connectivity index (χ4n) is 5.51. The van der Waals surface area contributed by atoms with Crippen molar-refractivity contribution in [2.75, 3.05) is 6.54 Å². The van der Waals surface area contributed by atoms with E-state index in [2.05, 4.69) is 32.3 Å². The molecule has 14 heteroatoms. The van der Waals surface area contributed by atoms with Crippen LogP contribution >= 0.6 is 11.6 Å². The second kappa shape index (κ2) is 15.5. The first kappa shape index (κ1) is 35.5. The molecule has 0 spiro atoms. The second-order valence-electron chi connectivity index (χ2n) is 11.3. The van der Waals surface area contributed by atoms with Crippen LogP contribution in [-0.2, 0) is 16.8 Å². The van der Waals surface area contributed by atoms with Gasteiger partial charge in [-0.15, -0.1) is 0 Å². The summed E-state index contributed by atoms with van der Waals surface area (Å²) < 4.78 is 73.1. The normalized spacial score (nSPS) is 17.8. The molecule has 252 valence electrons. The molecule has 0 radical (unpaired) electrons. The van der Waals surface area contributed by atoms with Crippen LogP contribution in [0.3, 0.4) is 0 Å². The lowest BCUT2D eigenvalue weighted by molar-refractivity contribution is -0.253. The minimum absolute atomic E-state index is 0.0329. The Balaban J connectivity index is 1.65. The van der Waals surface area contributed by atoms with Crippen LogP contribution in [0.4, 0.5) is 26.7 Å². The first-order chi connectivity index (χ1) is 22.3. The summed E-state index contributed by atoms with van der Waals surface area (Å²) in [6.07, 6.45) is -5.76. The number of carbonyl (C=O) groups is 2. The van der Waals surface area contributed by atoms with Gasteiger partial charge in [-0.3, -0.25) is 9.78 Å². The highest BCUT2D eigenvalue weighted by Gasteiger charge is 2.45. The van der Waals surface area contributed by atoms with E-state index in [1.807, 2.05) is 0 Å². The molecule has 1 atom stereocenters. The standard InChI is InChI=1S/C33H34ClF5N4O4/c1-20(44)13-14-40-29(45)22-7-10-26(11-8-22)42-31(46)43-32(18-21-5-3-2-4-6-21,28-12-9-24(34)19-41-28)23-15-25(35)17-27(16-23)47-33(38,39)30(36)37/h2-6,9,12,15-17,19,22,26,30,44H,1,7-8,10-11,13-14,18H2,(H,40,45)(H2,42,43,46)/t22?,26?,32-/m0/s1. The smallest absolute Gasteiger partial charge is 0.461 e. The monoisotopic (exact) mass is 680 g/mol. The number of hydrogen-bond acceptors (Lipinski definition) is 5. The predicted octanol–water partition coefficient (Wildman–Crippen LogP) is 7.03. The van der Waals surface area contributed by atoms with Crippen LogP contribution in [0.5, 0.6) is 5.75 Å². The van der Waals surface area contributed by atoms with Crippen molar-refractivity contribution in [2.24, 2.45) is 5.92 Å². The van der Waals surface area contributed by atoms with Crippen LogP contribution in [0.1, 0.15) is 48.9 Å². The lowest BCUT2D eigenvalue weighted by atomic mass is 9.80. The highest BCUT2D eigenvalue weighted by Crippen LogP contribution is 2.37. The number of halogens is 6. The van der Waals surface area contributed by atoms with Crippen molar-refractivity contribution < 1.29 is 41.4 Å². The maximum atomic E-state index is 15.1. The Morgan fingerprint density at radius 2 is 1.77 bits per heavy atom. The van der Waals surface area contributed by atoms with Gasteiger partial charge in [0.15, 0.2) is 0 Å². The van der Waals surface area contributed by atoms with Gasteiger partial charge in [0.1, 0.15) is 17.1 Å². The van der Waals surface area contributed by atoms with Gasteiger partial charge < -0.3 is 25.8 Å². The number of pyridine rings is 1. The molecule has 47 heavy (non-hydrogen) atoms. The molecule has 1 saturated carbocycles. The molecule has 0 bridgehead atoms. The Labute approximate surface area is 273 Å². The summed E-state index contributed by atoms with van der Waals surface area (Å²) in [5, 5.41) is 18.0. The summed E-state index contributed by atoms with van der Waals surface area (Å²) in [5.74, 6) is -2.45. The minimum Gasteiger partial charge on any atom is -0.513 e. The van der Waals surface area contributed by atoms with Crippen molar-refractivity contribution in [1.29, 1.82) is 0 Å². The Kier molecular flexibility index (Phi) is 11.7. The highest BCUT2D eigenvalue weighted by atomic mass is 35.5. The molecule has 4 rings (SSSR count). The number of aliphatic hydroxyl groups excluding tert-OH is 1. The van der Waals surface area contributed by atoms with Crippen molar-refractivity contribution in [1.82, 2.24) is 20.9 Å². The predicted molar refractivity (Wildman–Crippen MR) is 165 cm³/mol. The third kappa shape index (κ3) is 9.57. The largest absolute Gasteiger partial charge is 0.513 e. The molecule has 1 aromatic heterocycles. The molecule has 3 aromatic rings. The fraction of sp³-hybridized carbons (Fsp3) is 0.364. The molecule has 0 aliphatic heterocycles. The van der Waals surface area contributed by atoms with Gasteiger partial charge >= 0.3 is 18.6 Å². The fourth-order valence-corrected chi connectivity index (χ4v) is 5.62. The molecule has 1 aliphatic carbocycles. The van der Waals surface area contributed by atoms with Crippen LogP contribution < -0.4 is 20.7 Å². The maximum Gasteiger partial charge on any atom is 0.461 e. The lowest BCUT2D eigenvalue weighted by Crippen LogP contribution is -2.55. The van der Waals surface area contributed by atoms with Gasteiger partial charge in [-0.1, -0.05) is 48.5 Å². The SMILES string of the molecule is C=C(O)CCNC(=O)C1CCC(NC(=O)N[C@@](Cc2ccccc2)(c2cc(F)cc(OC(F)(F)C(F)F)c2)c2ccc(Cl)cn2)CC1. The van der Waals surface area contributed by atoms with E-state index in [9.17, 15) is 32.3 Å². The van der Waals surface area contributed by atoms with E-state index in [1.165, 1.54) is 18.3 Å². The van der Waals surface area contributed by atoms with Crippen LogP contribution in [0.15, 0.2) is 79.2 Å². The topological polar surface area (TPSA) is 113 Å². The Morgan fingerprint density at radius 1 is 1.06 bits per heavy atom. The van der Waals surface area contributed by atoms with E-state index in [0.29, 0.717) is 37.3 Å². The molecule has 1 aliphatic rings. The van der Waals surface area contributed by atoms with Gasteiger partial charge in [-0.2, -0.15) is 17.6 Å². The van der Waals surface area contributed by atoms with Crippen molar-refractivity contribution >= 4 is 23.5 Å². The molecule has 4 N–H and O–H groups in total. The summed E-state index contributed by atoms with van der Waals surface area (Å²) in [7, 11) is 0. The van der Waals surface area contributed by atoms with E-state index in [1.54, 1.807) is 30.3 Å². The second-order valence-corrected chi connectivity index (χ2v) is 11.8. The van der Waals surface area contributed by atoms with Crippen molar-refractivity contribution in [3.63, 3.8) is 0 Å². The summed E-state index contributed by atoms with van der Waals surface area (Å²) >= 11 is 6.09.